The van der Waals surface area contributed by atoms with Crippen LogP contribution in [0.1, 0.15) is 20.8 Å². The highest BCUT2D eigenvalue weighted by molar-refractivity contribution is 5.81. The molecule has 0 aromatic heterocycles. The summed E-state index contributed by atoms with van der Waals surface area (Å²) < 4.78 is 0. The molecule has 0 aliphatic heterocycles. The van der Waals surface area contributed by atoms with E-state index in [2.05, 4.69) is 10.0 Å². The number of carbonyl (C=O) groups excluding carboxylic acids is 1. The van der Waals surface area contributed by atoms with Crippen LogP contribution >= 0.6 is 0 Å². The van der Waals surface area contributed by atoms with Crippen molar-refractivity contribution in [2.45, 2.75) is 20.8 Å². The third-order valence-electron chi connectivity index (χ3n) is 0.782. The van der Waals surface area contributed by atoms with Crippen molar-refractivity contribution in [1.29, 1.82) is 5.53 Å². The third kappa shape index (κ3) is 2.72. The number of nitrogens with zero attached hydrogens (tertiary/aromatic N) is 2. The molecule has 0 heterocycles. The van der Waals surface area contributed by atoms with Gasteiger partial charge in [-0.25, -0.2) is 0 Å². The van der Waals surface area contributed by atoms with E-state index in [-0.39, 0.29) is 5.91 Å². The van der Waals surface area contributed by atoms with E-state index in [0.717, 1.165) is 0 Å². The molecule has 0 bridgehead atoms. The molecule has 0 rings (SSSR count). The monoisotopic (exact) mass is 128 g/mol. The predicted molar refractivity (Wildman–Crippen MR) is 31.7 cm³/mol. The summed E-state index contributed by atoms with van der Waals surface area (Å²) in [6.07, 6.45) is 0. The van der Waals surface area contributed by atoms with Gasteiger partial charge in [-0.2, -0.15) is 0 Å². The van der Waals surface area contributed by atoms with Gasteiger partial charge in [0.2, 0.25) is 4.91 Å². The summed E-state index contributed by atoms with van der Waals surface area (Å²) in [5.74, 6) is -0.363. The van der Waals surface area contributed by atoms with Crippen molar-refractivity contribution in [3.8, 4) is 0 Å². The van der Waals surface area contributed by atoms with E-state index in [1.807, 2.05) is 0 Å². The zero-order valence-corrected chi connectivity index (χ0v) is 5.80. The molecule has 0 atom stereocenters. The standard InChI is InChI=1S/C5H10N3O/c1-5(2,3)4(9)7-8-6/h6H,1-3H3/q+1. The smallest absolute Gasteiger partial charge is 0.264 e. The van der Waals surface area contributed by atoms with Crippen LogP contribution < -0.4 is 4.91 Å². The van der Waals surface area contributed by atoms with E-state index in [9.17, 15) is 4.79 Å². The van der Waals surface area contributed by atoms with Crippen molar-refractivity contribution in [3.63, 3.8) is 0 Å². The number of amides is 1. The van der Waals surface area contributed by atoms with Gasteiger partial charge in [-0.1, -0.05) is 20.8 Å². The van der Waals surface area contributed by atoms with Gasteiger partial charge >= 0.3 is 5.91 Å². The Hall–Kier alpha value is -1.02. The molecule has 9 heavy (non-hydrogen) atoms. The lowest BCUT2D eigenvalue weighted by Crippen LogP contribution is -2.17. The fourth-order valence-corrected chi connectivity index (χ4v) is 0.195. The van der Waals surface area contributed by atoms with Crippen LogP contribution in [-0.2, 0) is 4.79 Å². The molecule has 0 radical (unpaired) electrons. The summed E-state index contributed by atoms with van der Waals surface area (Å²) in [5, 5.41) is 3.05. The molecule has 4 nitrogen and oxygen atoms in total. The Bertz CT molecular complexity index is 162. The second-order valence-corrected chi connectivity index (χ2v) is 2.76. The van der Waals surface area contributed by atoms with Gasteiger partial charge in [0.15, 0.2) is 5.11 Å². The van der Waals surface area contributed by atoms with E-state index < -0.39 is 5.41 Å². The van der Waals surface area contributed by atoms with Crippen LogP contribution in [0.3, 0.4) is 0 Å². The molecule has 0 spiro atoms. The minimum atomic E-state index is -0.509. The number of rotatable bonds is 0. The first kappa shape index (κ1) is 7.98. The highest BCUT2D eigenvalue weighted by Gasteiger charge is 2.24. The number of hydrogen-bond acceptors (Lipinski definition) is 2. The van der Waals surface area contributed by atoms with E-state index in [4.69, 9.17) is 5.53 Å². The molecule has 0 saturated heterocycles. The molecular formula is C5H10N3O+. The van der Waals surface area contributed by atoms with Crippen LogP contribution in [0, 0.1) is 10.9 Å². The molecule has 50 valence electrons. The summed E-state index contributed by atoms with van der Waals surface area (Å²) in [6.45, 7) is 5.18. The maximum atomic E-state index is 10.7. The van der Waals surface area contributed by atoms with Crippen molar-refractivity contribution in [3.05, 3.63) is 0 Å². The summed E-state index contributed by atoms with van der Waals surface area (Å²) in [5.41, 5.74) is 5.74. The largest absolute Gasteiger partial charge is 0.335 e. The van der Waals surface area contributed by atoms with Crippen molar-refractivity contribution in [1.82, 2.24) is 4.91 Å². The van der Waals surface area contributed by atoms with E-state index in [1.54, 1.807) is 20.8 Å². The molecular weight excluding hydrogens is 118 g/mol. The summed E-state index contributed by atoms with van der Waals surface area (Å²) in [4.78, 5) is 13.3. The summed E-state index contributed by atoms with van der Waals surface area (Å²) in [7, 11) is 0. The zero-order valence-electron chi connectivity index (χ0n) is 5.80. The molecule has 0 saturated carbocycles. The van der Waals surface area contributed by atoms with Gasteiger partial charge in [0.25, 0.3) is 0 Å². The van der Waals surface area contributed by atoms with Gasteiger partial charge in [-0.05, 0) is 0 Å². The molecule has 1 N–H and O–H groups in total. The fraction of sp³-hybridized carbons (Fsp3) is 0.800. The molecule has 0 fully saturated rings. The average Bonchev–Trinajstić information content (AvgIpc) is 1.64. The van der Waals surface area contributed by atoms with Gasteiger partial charge in [0.05, 0.1) is 5.41 Å². The minimum Gasteiger partial charge on any atom is -0.264 e. The van der Waals surface area contributed by atoms with Crippen LogP contribution in [0.5, 0.6) is 0 Å². The van der Waals surface area contributed by atoms with Crippen molar-refractivity contribution < 1.29 is 4.79 Å². The Labute approximate surface area is 53.5 Å². The van der Waals surface area contributed by atoms with Crippen LogP contribution in [0.4, 0.5) is 0 Å². The van der Waals surface area contributed by atoms with Crippen molar-refractivity contribution in [2.24, 2.45) is 10.5 Å². The first-order valence-corrected chi connectivity index (χ1v) is 2.60. The number of nitrogens with one attached hydrogen (secondary N) is 1. The SMILES string of the molecule is CC(C)(C)C(=O)N=[N+]=N. The van der Waals surface area contributed by atoms with E-state index in [1.165, 1.54) is 0 Å². The topological polar surface area (TPSA) is 67.4 Å². The Kier molecular flexibility index (Phi) is 2.22. The lowest BCUT2D eigenvalue weighted by molar-refractivity contribution is -0.125. The Morgan fingerprint density at radius 2 is 2.00 bits per heavy atom. The van der Waals surface area contributed by atoms with Crippen LogP contribution in [0.2, 0.25) is 0 Å². The van der Waals surface area contributed by atoms with Gasteiger partial charge in [-0.3, -0.25) is 4.79 Å². The summed E-state index contributed by atoms with van der Waals surface area (Å²) in [6, 6.07) is 0. The highest BCUT2D eigenvalue weighted by Crippen LogP contribution is 2.13. The Balaban J connectivity index is 4.22. The molecule has 0 aromatic rings. The third-order valence-corrected chi connectivity index (χ3v) is 0.782. The van der Waals surface area contributed by atoms with Gasteiger partial charge in [0.1, 0.15) is 5.53 Å². The first-order chi connectivity index (χ1) is 3.98. The number of carbonyl (C=O) groups is 1. The zero-order chi connectivity index (χ0) is 7.49. The maximum absolute atomic E-state index is 10.7. The van der Waals surface area contributed by atoms with Crippen molar-refractivity contribution in [2.75, 3.05) is 0 Å². The minimum absolute atomic E-state index is 0.363. The molecule has 0 aliphatic rings. The number of hydrogen-bond donors (Lipinski definition) is 1. The van der Waals surface area contributed by atoms with Crippen molar-refractivity contribution >= 4 is 5.91 Å². The molecule has 1 amide bonds. The predicted octanol–water partition coefficient (Wildman–Crippen LogP) is 1.11. The van der Waals surface area contributed by atoms with Crippen LogP contribution in [0.15, 0.2) is 5.11 Å². The maximum Gasteiger partial charge on any atom is 0.335 e. The van der Waals surface area contributed by atoms with E-state index >= 15 is 0 Å². The van der Waals surface area contributed by atoms with Crippen LogP contribution in [0.25, 0.3) is 0 Å². The molecule has 0 aromatic carbocycles. The normalized spacial score (nSPS) is 10.1. The molecule has 4 heteroatoms. The van der Waals surface area contributed by atoms with Crippen LogP contribution in [-0.4, -0.2) is 5.91 Å². The molecule has 0 aliphatic carbocycles. The second kappa shape index (κ2) is 2.51. The molecule has 0 unspecified atom stereocenters. The second-order valence-electron chi connectivity index (χ2n) is 2.76. The highest BCUT2D eigenvalue weighted by atomic mass is 16.2. The summed E-state index contributed by atoms with van der Waals surface area (Å²) >= 11 is 0. The van der Waals surface area contributed by atoms with Gasteiger partial charge in [-0.15, -0.1) is 0 Å². The fourth-order valence-electron chi connectivity index (χ4n) is 0.195. The first-order valence-electron chi connectivity index (χ1n) is 2.60. The van der Waals surface area contributed by atoms with E-state index in [0.29, 0.717) is 0 Å². The average molecular weight is 128 g/mol. The quantitative estimate of drug-likeness (QED) is 0.385. The van der Waals surface area contributed by atoms with Gasteiger partial charge < -0.3 is 0 Å². The van der Waals surface area contributed by atoms with Gasteiger partial charge in [0, 0.05) is 0 Å². The Morgan fingerprint density at radius 1 is 1.56 bits per heavy atom. The lowest BCUT2D eigenvalue weighted by atomic mass is 9.96. The Morgan fingerprint density at radius 3 is 2.11 bits per heavy atom. The lowest BCUT2D eigenvalue weighted by Gasteiger charge is -2.06.